The Morgan fingerprint density at radius 1 is 1.28 bits per heavy atom. The van der Waals surface area contributed by atoms with Crippen LogP contribution in [-0.4, -0.2) is 11.1 Å². The van der Waals surface area contributed by atoms with Gasteiger partial charge >= 0.3 is 0 Å². The number of hydrogen-bond acceptors (Lipinski definition) is 2. The number of benzene rings is 2. The molecular formula is C16H17NO. The summed E-state index contributed by atoms with van der Waals surface area (Å²) < 4.78 is 0. The molecule has 92 valence electrons. The van der Waals surface area contributed by atoms with Gasteiger partial charge in [0.1, 0.15) is 5.75 Å². The van der Waals surface area contributed by atoms with E-state index in [1.165, 1.54) is 0 Å². The van der Waals surface area contributed by atoms with Crippen LogP contribution >= 0.6 is 0 Å². The molecule has 1 atom stereocenters. The zero-order valence-corrected chi connectivity index (χ0v) is 10.5. The minimum atomic E-state index is 0.244. The first-order chi connectivity index (χ1) is 8.72. The molecule has 18 heavy (non-hydrogen) atoms. The molecule has 0 spiro atoms. The first-order valence-electron chi connectivity index (χ1n) is 6.09. The average molecular weight is 239 g/mol. The third-order valence-corrected chi connectivity index (χ3v) is 3.07. The van der Waals surface area contributed by atoms with Gasteiger partial charge in [-0.2, -0.15) is 0 Å². The molecule has 0 bridgehead atoms. The highest BCUT2D eigenvalue weighted by Gasteiger charge is 2.07. The van der Waals surface area contributed by atoms with E-state index >= 15 is 0 Å². The number of rotatable bonds is 4. The molecular weight excluding hydrogens is 222 g/mol. The molecule has 2 nitrogen and oxygen atoms in total. The van der Waals surface area contributed by atoms with E-state index in [9.17, 15) is 5.11 Å². The van der Waals surface area contributed by atoms with E-state index in [4.69, 9.17) is 6.42 Å². The molecule has 0 aliphatic carbocycles. The molecule has 0 heterocycles. The molecule has 0 aliphatic heterocycles. The molecule has 2 rings (SSSR count). The van der Waals surface area contributed by atoms with Crippen LogP contribution in [-0.2, 0) is 6.54 Å². The summed E-state index contributed by atoms with van der Waals surface area (Å²) in [7, 11) is 0. The fourth-order valence-electron chi connectivity index (χ4n) is 2.04. The number of nitrogens with one attached hydrogen (secondary N) is 1. The van der Waals surface area contributed by atoms with Crippen LogP contribution < -0.4 is 5.32 Å². The van der Waals surface area contributed by atoms with E-state index in [-0.39, 0.29) is 6.04 Å². The van der Waals surface area contributed by atoms with Crippen molar-refractivity contribution in [2.75, 3.05) is 0 Å². The smallest absolute Gasteiger partial charge is 0.120 e. The van der Waals surface area contributed by atoms with Gasteiger partial charge in [0.05, 0.1) is 0 Å². The number of phenolic OH excluding ortho intramolecular Hbond substituents is 1. The van der Waals surface area contributed by atoms with Crippen molar-refractivity contribution in [3.63, 3.8) is 0 Å². The molecule has 0 fully saturated rings. The van der Waals surface area contributed by atoms with Gasteiger partial charge in [-0.05, 0) is 23.8 Å². The Labute approximate surface area is 108 Å². The van der Waals surface area contributed by atoms with E-state index in [2.05, 4.69) is 11.2 Å². The monoisotopic (exact) mass is 239 g/mol. The zero-order chi connectivity index (χ0) is 13.0. The lowest BCUT2D eigenvalue weighted by molar-refractivity contribution is 0.461. The molecule has 0 aromatic heterocycles. The quantitative estimate of drug-likeness (QED) is 0.804. The number of fused-ring (bicyclic) bond motifs is 1. The van der Waals surface area contributed by atoms with E-state index in [1.807, 2.05) is 37.3 Å². The summed E-state index contributed by atoms with van der Waals surface area (Å²) in [6.07, 6.45) is 5.97. The Balaban J connectivity index is 2.27. The highest BCUT2D eigenvalue weighted by molar-refractivity contribution is 5.87. The molecule has 2 aromatic carbocycles. The lowest BCUT2D eigenvalue weighted by Gasteiger charge is -2.14. The van der Waals surface area contributed by atoms with E-state index in [0.29, 0.717) is 18.7 Å². The van der Waals surface area contributed by atoms with E-state index < -0.39 is 0 Å². The van der Waals surface area contributed by atoms with Gasteiger partial charge in [-0.25, -0.2) is 0 Å². The molecule has 0 radical (unpaired) electrons. The predicted octanol–water partition coefficient (Wildman–Crippen LogP) is 3.05. The molecule has 2 N–H and O–H groups in total. The molecule has 0 saturated heterocycles. The highest BCUT2D eigenvalue weighted by atomic mass is 16.3. The maximum atomic E-state index is 9.97. The number of hydrogen-bond donors (Lipinski definition) is 2. The summed E-state index contributed by atoms with van der Waals surface area (Å²) in [4.78, 5) is 0. The Kier molecular flexibility index (Phi) is 3.86. The summed E-state index contributed by atoms with van der Waals surface area (Å²) in [6.45, 7) is 2.66. The molecule has 1 unspecified atom stereocenters. The van der Waals surface area contributed by atoms with Gasteiger partial charge < -0.3 is 10.4 Å². The van der Waals surface area contributed by atoms with Crippen LogP contribution in [0.5, 0.6) is 5.75 Å². The van der Waals surface area contributed by atoms with Gasteiger partial charge in [0.2, 0.25) is 0 Å². The second-order valence-corrected chi connectivity index (χ2v) is 4.47. The third-order valence-electron chi connectivity index (χ3n) is 3.07. The topological polar surface area (TPSA) is 32.3 Å². The van der Waals surface area contributed by atoms with Gasteiger partial charge in [-0.1, -0.05) is 30.3 Å². The summed E-state index contributed by atoms with van der Waals surface area (Å²) >= 11 is 0. The van der Waals surface area contributed by atoms with E-state index in [0.717, 1.165) is 16.3 Å². The Morgan fingerprint density at radius 2 is 2.06 bits per heavy atom. The number of phenols is 1. The van der Waals surface area contributed by atoms with Gasteiger partial charge in [-0.15, -0.1) is 12.3 Å². The van der Waals surface area contributed by atoms with Crippen molar-refractivity contribution < 1.29 is 5.11 Å². The van der Waals surface area contributed by atoms with Crippen LogP contribution in [0.25, 0.3) is 10.8 Å². The minimum absolute atomic E-state index is 0.244. The fourth-order valence-corrected chi connectivity index (χ4v) is 2.04. The van der Waals surface area contributed by atoms with Crippen molar-refractivity contribution in [3.05, 3.63) is 42.0 Å². The van der Waals surface area contributed by atoms with Crippen molar-refractivity contribution in [1.82, 2.24) is 5.32 Å². The van der Waals surface area contributed by atoms with Gasteiger partial charge in [-0.3, -0.25) is 0 Å². The Hall–Kier alpha value is -1.98. The van der Waals surface area contributed by atoms with E-state index in [1.54, 1.807) is 6.07 Å². The van der Waals surface area contributed by atoms with Crippen molar-refractivity contribution in [1.29, 1.82) is 0 Å². The first kappa shape index (κ1) is 12.5. The first-order valence-corrected chi connectivity index (χ1v) is 6.09. The summed E-state index contributed by atoms with van der Waals surface area (Å²) in [5.74, 6) is 2.96. The standard InChI is InChI=1S/C16H17NO/c1-3-6-12(2)17-11-15-14-8-5-4-7-13(14)9-10-16(15)18/h1,4-5,7-10,12,17-18H,6,11H2,2H3. The maximum Gasteiger partial charge on any atom is 0.120 e. The van der Waals surface area contributed by atoms with Crippen molar-refractivity contribution in [2.45, 2.75) is 25.9 Å². The van der Waals surface area contributed by atoms with Gasteiger partial charge in [0.15, 0.2) is 0 Å². The third kappa shape index (κ3) is 2.64. The highest BCUT2D eigenvalue weighted by Crippen LogP contribution is 2.26. The Morgan fingerprint density at radius 3 is 2.83 bits per heavy atom. The van der Waals surface area contributed by atoms with Crippen LogP contribution in [0.3, 0.4) is 0 Å². The van der Waals surface area contributed by atoms with Crippen LogP contribution in [0, 0.1) is 12.3 Å². The average Bonchev–Trinajstić information content (AvgIpc) is 2.38. The molecule has 0 amide bonds. The fraction of sp³-hybridized carbons (Fsp3) is 0.250. The van der Waals surface area contributed by atoms with Gasteiger partial charge in [0.25, 0.3) is 0 Å². The SMILES string of the molecule is C#CCC(C)NCc1c(O)ccc2ccccc12. The molecule has 2 heteroatoms. The van der Waals surface area contributed by atoms with Crippen LogP contribution in [0.4, 0.5) is 0 Å². The zero-order valence-electron chi connectivity index (χ0n) is 10.5. The minimum Gasteiger partial charge on any atom is -0.508 e. The van der Waals surface area contributed by atoms with Gasteiger partial charge in [0, 0.05) is 24.6 Å². The van der Waals surface area contributed by atoms with Crippen LogP contribution in [0.15, 0.2) is 36.4 Å². The number of terminal acetylenes is 1. The van der Waals surface area contributed by atoms with Crippen LogP contribution in [0.2, 0.25) is 0 Å². The predicted molar refractivity (Wildman–Crippen MR) is 75.4 cm³/mol. The normalized spacial score (nSPS) is 12.2. The van der Waals surface area contributed by atoms with Crippen LogP contribution in [0.1, 0.15) is 18.9 Å². The number of aromatic hydroxyl groups is 1. The molecule has 0 aliphatic rings. The van der Waals surface area contributed by atoms with Crippen molar-refractivity contribution in [3.8, 4) is 18.1 Å². The van der Waals surface area contributed by atoms with Crippen molar-refractivity contribution in [2.24, 2.45) is 0 Å². The summed E-state index contributed by atoms with van der Waals surface area (Å²) in [5, 5.41) is 15.5. The second kappa shape index (κ2) is 5.57. The van der Waals surface area contributed by atoms with Crippen molar-refractivity contribution >= 4 is 10.8 Å². The second-order valence-electron chi connectivity index (χ2n) is 4.47. The largest absolute Gasteiger partial charge is 0.508 e. The summed E-state index contributed by atoms with van der Waals surface area (Å²) in [6, 6.07) is 12.0. The summed E-state index contributed by atoms with van der Waals surface area (Å²) in [5.41, 5.74) is 0.928. The maximum absolute atomic E-state index is 9.97. The lowest BCUT2D eigenvalue weighted by Crippen LogP contribution is -2.24. The molecule has 0 saturated carbocycles. The molecule has 2 aromatic rings. The lowest BCUT2D eigenvalue weighted by atomic mass is 10.0. The Bertz CT molecular complexity index is 583.